The minimum Gasteiger partial charge on any atom is -0.289 e. The van der Waals surface area contributed by atoms with E-state index in [1.165, 1.54) is 4.67 Å². The van der Waals surface area contributed by atoms with E-state index in [0.717, 1.165) is 12.8 Å². The maximum atomic E-state index is 11.6. The van der Waals surface area contributed by atoms with E-state index in [1.54, 1.807) is 12.4 Å². The van der Waals surface area contributed by atoms with Crippen LogP contribution < -0.4 is 5.48 Å². The minimum atomic E-state index is -1.96. The van der Waals surface area contributed by atoms with Crippen LogP contribution >= 0.6 is 8.18 Å². The number of nitrogens with zero attached hydrogens (tertiary/aromatic N) is 1. The number of rotatable bonds is 4. The van der Waals surface area contributed by atoms with Crippen LogP contribution in [0.1, 0.15) is 26.2 Å². The summed E-state index contributed by atoms with van der Waals surface area (Å²) in [7, 11) is -1.96. The molecule has 0 aromatic heterocycles. The van der Waals surface area contributed by atoms with Crippen LogP contribution in [0.2, 0.25) is 0 Å². The topological polar surface area (TPSA) is 78.9 Å². The zero-order chi connectivity index (χ0) is 11.3. The Kier molecular flexibility index (Phi) is 5.11. The quantitative estimate of drug-likeness (QED) is 0.432. The highest BCUT2D eigenvalue weighted by atomic mass is 31.1. The van der Waals surface area contributed by atoms with Crippen LogP contribution in [-0.4, -0.2) is 35.0 Å². The van der Waals surface area contributed by atoms with Crippen LogP contribution in [0.15, 0.2) is 0 Å². The molecule has 0 saturated carbocycles. The third kappa shape index (κ3) is 3.21. The molecule has 15 heavy (non-hydrogen) atoms. The standard InChI is InChI=1S/C8H15N2O4P/c1-2-14-15(13)10-6-4-3-5-7(10)8(11)9-12/h7H,2-6H2,1H3,(H-,9,11,12)/p+1. The van der Waals surface area contributed by atoms with Crippen molar-refractivity contribution < 1.29 is 19.1 Å². The second-order valence-corrected chi connectivity index (χ2v) is 4.55. The van der Waals surface area contributed by atoms with Gasteiger partial charge < -0.3 is 0 Å². The average molecular weight is 235 g/mol. The zero-order valence-corrected chi connectivity index (χ0v) is 9.57. The van der Waals surface area contributed by atoms with Crippen LogP contribution in [-0.2, 0) is 13.9 Å². The Bertz CT molecular complexity index is 249. The van der Waals surface area contributed by atoms with Gasteiger partial charge in [-0.2, -0.15) is 0 Å². The fourth-order valence-corrected chi connectivity index (χ4v) is 2.76. The summed E-state index contributed by atoms with van der Waals surface area (Å²) in [5.74, 6) is -0.516. The number of carbonyl (C=O) groups excluding carboxylic acids is 1. The Morgan fingerprint density at radius 3 is 3.00 bits per heavy atom. The summed E-state index contributed by atoms with van der Waals surface area (Å²) < 4.78 is 18.1. The maximum Gasteiger partial charge on any atom is 0.616 e. The lowest BCUT2D eigenvalue weighted by molar-refractivity contribution is -0.134. The van der Waals surface area contributed by atoms with Gasteiger partial charge in [0.05, 0.1) is 0 Å². The van der Waals surface area contributed by atoms with E-state index in [9.17, 15) is 9.36 Å². The molecule has 86 valence electrons. The summed E-state index contributed by atoms with van der Waals surface area (Å²) in [6.45, 7) is 2.66. The average Bonchev–Trinajstić information content (AvgIpc) is 2.28. The predicted molar refractivity (Wildman–Crippen MR) is 53.5 cm³/mol. The molecule has 1 heterocycles. The van der Waals surface area contributed by atoms with Crippen LogP contribution in [0.4, 0.5) is 0 Å². The van der Waals surface area contributed by atoms with Gasteiger partial charge in [-0.05, 0) is 30.8 Å². The Hall–Kier alpha value is -0.550. The van der Waals surface area contributed by atoms with E-state index >= 15 is 0 Å². The van der Waals surface area contributed by atoms with Gasteiger partial charge in [-0.1, -0.05) is 4.67 Å². The molecule has 1 saturated heterocycles. The van der Waals surface area contributed by atoms with Crippen molar-refractivity contribution in [3.05, 3.63) is 0 Å². The van der Waals surface area contributed by atoms with Crippen LogP contribution in [0.5, 0.6) is 0 Å². The van der Waals surface area contributed by atoms with Crippen molar-refractivity contribution in [2.45, 2.75) is 32.2 Å². The summed E-state index contributed by atoms with van der Waals surface area (Å²) in [5.41, 5.74) is 1.60. The number of carbonyl (C=O) groups is 1. The van der Waals surface area contributed by atoms with Crippen LogP contribution in [0.25, 0.3) is 0 Å². The van der Waals surface area contributed by atoms with Crippen LogP contribution in [0, 0.1) is 0 Å². The molecule has 0 bridgehead atoms. The van der Waals surface area contributed by atoms with E-state index < -0.39 is 20.1 Å². The van der Waals surface area contributed by atoms with Gasteiger partial charge in [-0.15, -0.1) is 4.52 Å². The molecule has 6 nitrogen and oxygen atoms in total. The Labute approximate surface area is 89.5 Å². The van der Waals surface area contributed by atoms with Gasteiger partial charge in [0.2, 0.25) is 0 Å². The summed E-state index contributed by atoms with van der Waals surface area (Å²) in [6.07, 6.45) is 2.38. The lowest BCUT2D eigenvalue weighted by Gasteiger charge is -2.24. The van der Waals surface area contributed by atoms with Crippen molar-refractivity contribution in [2.24, 2.45) is 0 Å². The lowest BCUT2D eigenvalue weighted by atomic mass is 10.0. The fraction of sp³-hybridized carbons (Fsp3) is 0.875. The second kappa shape index (κ2) is 6.12. The fourth-order valence-electron chi connectivity index (χ4n) is 1.64. The smallest absolute Gasteiger partial charge is 0.289 e. The van der Waals surface area contributed by atoms with Gasteiger partial charge in [0, 0.05) is 6.54 Å². The SMILES string of the molecule is CCO[P+](=O)N1CCCCC1C(=O)NO. The summed E-state index contributed by atoms with van der Waals surface area (Å²) >= 11 is 0. The van der Waals surface area contributed by atoms with Gasteiger partial charge >= 0.3 is 8.18 Å². The minimum absolute atomic E-state index is 0.346. The first-order valence-corrected chi connectivity index (χ1v) is 6.14. The lowest BCUT2D eigenvalue weighted by Crippen LogP contribution is -2.45. The molecule has 1 rings (SSSR count). The molecule has 1 aliphatic heterocycles. The summed E-state index contributed by atoms with van der Waals surface area (Å²) in [6, 6.07) is -0.543. The molecule has 0 radical (unpaired) electrons. The van der Waals surface area contributed by atoms with Crippen molar-refractivity contribution in [3.8, 4) is 0 Å². The van der Waals surface area contributed by atoms with Crippen molar-refractivity contribution in [3.63, 3.8) is 0 Å². The first-order chi connectivity index (χ1) is 7.20. The van der Waals surface area contributed by atoms with Gasteiger partial charge in [0.1, 0.15) is 12.6 Å². The van der Waals surface area contributed by atoms with E-state index in [2.05, 4.69) is 0 Å². The third-order valence-electron chi connectivity index (χ3n) is 2.34. The van der Waals surface area contributed by atoms with E-state index in [-0.39, 0.29) is 0 Å². The number of piperidine rings is 1. The van der Waals surface area contributed by atoms with E-state index in [0.29, 0.717) is 19.6 Å². The zero-order valence-electron chi connectivity index (χ0n) is 8.68. The molecule has 0 spiro atoms. The number of nitrogens with one attached hydrogen (secondary N) is 1. The molecular formula is C8H16N2O4P+. The first kappa shape index (κ1) is 12.5. The second-order valence-electron chi connectivity index (χ2n) is 3.31. The normalized spacial score (nSPS) is 23.6. The Morgan fingerprint density at radius 1 is 1.67 bits per heavy atom. The molecule has 7 heteroatoms. The number of amides is 1. The number of hydrogen-bond donors (Lipinski definition) is 2. The number of hydroxylamine groups is 1. The van der Waals surface area contributed by atoms with E-state index in [4.69, 9.17) is 9.73 Å². The molecule has 0 aliphatic carbocycles. The summed E-state index contributed by atoms with van der Waals surface area (Å²) in [4.78, 5) is 11.3. The van der Waals surface area contributed by atoms with Crippen LogP contribution in [0.3, 0.4) is 0 Å². The molecule has 2 atom stereocenters. The molecule has 1 aliphatic rings. The Balaban J connectivity index is 2.65. The highest BCUT2D eigenvalue weighted by Crippen LogP contribution is 2.35. The van der Waals surface area contributed by atoms with Crippen molar-refractivity contribution >= 4 is 14.1 Å². The third-order valence-corrected chi connectivity index (χ3v) is 3.71. The molecule has 1 amide bonds. The van der Waals surface area contributed by atoms with Crippen molar-refractivity contribution in [1.29, 1.82) is 0 Å². The van der Waals surface area contributed by atoms with Gasteiger partial charge in [0.25, 0.3) is 5.91 Å². The molecule has 0 aromatic carbocycles. The van der Waals surface area contributed by atoms with Gasteiger partial charge in [-0.25, -0.2) is 5.48 Å². The number of hydrogen-bond acceptors (Lipinski definition) is 4. The maximum absolute atomic E-state index is 11.6. The first-order valence-electron chi connectivity index (χ1n) is 5.01. The largest absolute Gasteiger partial charge is 0.616 e. The highest BCUT2D eigenvalue weighted by Gasteiger charge is 2.42. The van der Waals surface area contributed by atoms with Gasteiger partial charge in [-0.3, -0.25) is 10.0 Å². The van der Waals surface area contributed by atoms with Crippen molar-refractivity contribution in [1.82, 2.24) is 10.2 Å². The molecule has 2 N–H and O–H groups in total. The monoisotopic (exact) mass is 235 g/mol. The molecule has 0 aromatic rings. The van der Waals surface area contributed by atoms with E-state index in [1.807, 2.05) is 0 Å². The summed E-state index contributed by atoms with van der Waals surface area (Å²) in [5, 5.41) is 8.55. The molecule has 1 fully saturated rings. The predicted octanol–water partition coefficient (Wildman–Crippen LogP) is 1.04. The highest BCUT2D eigenvalue weighted by molar-refractivity contribution is 7.36. The molecule has 2 unspecified atom stereocenters. The van der Waals surface area contributed by atoms with Crippen molar-refractivity contribution in [2.75, 3.05) is 13.2 Å². The Morgan fingerprint density at radius 2 is 2.40 bits per heavy atom. The molecular weight excluding hydrogens is 219 g/mol. The van der Waals surface area contributed by atoms with Gasteiger partial charge in [0.15, 0.2) is 0 Å².